The summed E-state index contributed by atoms with van der Waals surface area (Å²) in [6, 6.07) is 4.02. The first-order valence-electron chi connectivity index (χ1n) is 13.1. The van der Waals surface area contributed by atoms with E-state index in [1.54, 1.807) is 0 Å². The molecule has 2 amide bonds. The number of nitrogens with zero attached hydrogens (tertiary/aromatic N) is 4. The second-order valence-corrected chi connectivity index (χ2v) is 9.17. The third-order valence-corrected chi connectivity index (χ3v) is 6.47. The SMILES string of the molecule is C=C(CCNc1ncnc(OC)c1C(=O)Nc1cnc(OC)cc1C(=O)Nc1ccc(F)c(C(F)F)c1)N1CCOCC1. The Morgan fingerprint density at radius 1 is 1.07 bits per heavy atom. The Bertz CT molecular complexity index is 1490. The van der Waals surface area contributed by atoms with Gasteiger partial charge in [0.1, 0.15) is 23.5 Å². The predicted octanol–water partition coefficient (Wildman–Crippen LogP) is 4.12. The Balaban J connectivity index is 1.54. The molecule has 3 N–H and O–H groups in total. The van der Waals surface area contributed by atoms with Gasteiger partial charge >= 0.3 is 0 Å². The van der Waals surface area contributed by atoms with Gasteiger partial charge in [-0.15, -0.1) is 0 Å². The second kappa shape index (κ2) is 14.3. The molecule has 1 aliphatic rings. The molecule has 0 saturated carbocycles. The smallest absolute Gasteiger partial charge is 0.266 e. The number of carbonyl (C=O) groups excluding carboxylic acids is 2. The number of hydrogen-bond acceptors (Lipinski definition) is 10. The van der Waals surface area contributed by atoms with Crippen LogP contribution in [0.4, 0.5) is 30.4 Å². The molecule has 12 nitrogen and oxygen atoms in total. The van der Waals surface area contributed by atoms with Gasteiger partial charge in [-0.3, -0.25) is 9.59 Å². The first kappa shape index (κ1) is 31.0. The molecule has 0 aliphatic carbocycles. The summed E-state index contributed by atoms with van der Waals surface area (Å²) in [5, 5.41) is 8.16. The Kier molecular flexibility index (Phi) is 10.3. The van der Waals surface area contributed by atoms with Crippen molar-refractivity contribution in [3.63, 3.8) is 0 Å². The molecule has 3 aromatic rings. The average molecular weight is 602 g/mol. The van der Waals surface area contributed by atoms with Gasteiger partial charge in [-0.25, -0.2) is 28.1 Å². The minimum atomic E-state index is -3.09. The van der Waals surface area contributed by atoms with Gasteiger partial charge < -0.3 is 35.1 Å². The van der Waals surface area contributed by atoms with E-state index in [-0.39, 0.29) is 40.1 Å². The topological polar surface area (TPSA) is 140 Å². The van der Waals surface area contributed by atoms with Crippen LogP contribution in [0.1, 0.15) is 39.1 Å². The van der Waals surface area contributed by atoms with E-state index >= 15 is 0 Å². The molecule has 4 rings (SSSR count). The molecule has 0 spiro atoms. The van der Waals surface area contributed by atoms with Gasteiger partial charge in [-0.2, -0.15) is 0 Å². The van der Waals surface area contributed by atoms with Crippen LogP contribution in [-0.2, 0) is 4.74 Å². The highest BCUT2D eigenvalue weighted by Gasteiger charge is 2.24. The molecule has 15 heteroatoms. The summed E-state index contributed by atoms with van der Waals surface area (Å²) < 4.78 is 55.9. The molecule has 0 atom stereocenters. The zero-order valence-electron chi connectivity index (χ0n) is 23.5. The third kappa shape index (κ3) is 7.68. The van der Waals surface area contributed by atoms with E-state index in [2.05, 4.69) is 42.4 Å². The fourth-order valence-electron chi connectivity index (χ4n) is 4.23. The molecular formula is C28H30F3N7O5. The number of benzene rings is 1. The summed E-state index contributed by atoms with van der Waals surface area (Å²) >= 11 is 0. The van der Waals surface area contributed by atoms with Crippen LogP contribution < -0.4 is 25.4 Å². The predicted molar refractivity (Wildman–Crippen MR) is 151 cm³/mol. The van der Waals surface area contributed by atoms with Gasteiger partial charge in [0.05, 0.1) is 50.4 Å². The van der Waals surface area contributed by atoms with Crippen LogP contribution in [0.5, 0.6) is 11.8 Å². The lowest BCUT2D eigenvalue weighted by molar-refractivity contribution is 0.0525. The van der Waals surface area contributed by atoms with Crippen molar-refractivity contribution in [3.8, 4) is 11.8 Å². The molecule has 3 heterocycles. The van der Waals surface area contributed by atoms with Gasteiger partial charge in [-0.05, 0) is 18.2 Å². The number of aromatic nitrogens is 3. The molecule has 2 aromatic heterocycles. The van der Waals surface area contributed by atoms with Crippen LogP contribution in [0.2, 0.25) is 0 Å². The summed E-state index contributed by atoms with van der Waals surface area (Å²) in [7, 11) is 2.67. The maximum absolute atomic E-state index is 13.7. The van der Waals surface area contributed by atoms with Crippen molar-refractivity contribution in [2.75, 3.05) is 63.0 Å². The number of hydrogen-bond donors (Lipinski definition) is 3. The highest BCUT2D eigenvalue weighted by atomic mass is 19.3. The fourth-order valence-corrected chi connectivity index (χ4v) is 4.23. The summed E-state index contributed by atoms with van der Waals surface area (Å²) in [5.74, 6) is -2.45. The number of morpholine rings is 1. The van der Waals surface area contributed by atoms with E-state index in [4.69, 9.17) is 14.2 Å². The highest BCUT2D eigenvalue weighted by molar-refractivity contribution is 6.14. The second-order valence-electron chi connectivity index (χ2n) is 9.17. The fraction of sp³-hybridized carbons (Fsp3) is 0.321. The summed E-state index contributed by atoms with van der Waals surface area (Å²) in [6.45, 7) is 7.26. The van der Waals surface area contributed by atoms with Crippen molar-refractivity contribution in [1.29, 1.82) is 0 Å². The van der Waals surface area contributed by atoms with Crippen molar-refractivity contribution < 1.29 is 37.0 Å². The molecule has 1 saturated heterocycles. The first-order chi connectivity index (χ1) is 20.7. The minimum absolute atomic E-state index is 0.0275. The number of ether oxygens (including phenoxy) is 3. The standard InChI is InChI=1S/C28H30F3N7O5/c1-16(38-8-10-43-11-9-38)6-7-32-25-23(28(42-3)35-15-34-25)27(40)37-21-14-33-22(41-2)13-19(21)26(39)36-17-4-5-20(29)18(12-17)24(30)31/h4-5,12-15,24H,1,6-11H2,2-3H3,(H,36,39)(H,37,40)(H,32,34,35). The van der Waals surface area contributed by atoms with Crippen molar-refractivity contribution in [2.24, 2.45) is 0 Å². The van der Waals surface area contributed by atoms with E-state index < -0.39 is 29.6 Å². The van der Waals surface area contributed by atoms with Gasteiger partial charge in [0.15, 0.2) is 0 Å². The van der Waals surface area contributed by atoms with E-state index in [0.29, 0.717) is 26.2 Å². The molecule has 1 aliphatic heterocycles. The molecular weight excluding hydrogens is 571 g/mol. The number of methoxy groups -OCH3 is 2. The summed E-state index contributed by atoms with van der Waals surface area (Å²) in [4.78, 5) is 41.1. The number of rotatable bonds is 12. The summed E-state index contributed by atoms with van der Waals surface area (Å²) in [5.41, 5.74) is -0.248. The van der Waals surface area contributed by atoms with E-state index in [0.717, 1.165) is 37.0 Å². The molecule has 0 unspecified atom stereocenters. The number of carbonyl (C=O) groups is 2. The number of alkyl halides is 2. The van der Waals surface area contributed by atoms with Gasteiger partial charge in [0.25, 0.3) is 18.2 Å². The Labute approximate surface area is 245 Å². The minimum Gasteiger partial charge on any atom is -0.481 e. The zero-order valence-corrected chi connectivity index (χ0v) is 23.5. The molecule has 0 bridgehead atoms. The van der Waals surface area contributed by atoms with Crippen LogP contribution in [-0.4, -0.2) is 78.7 Å². The lowest BCUT2D eigenvalue weighted by Gasteiger charge is -2.30. The summed E-state index contributed by atoms with van der Waals surface area (Å²) in [6.07, 6.45) is -0.0947. The average Bonchev–Trinajstić information content (AvgIpc) is 3.02. The van der Waals surface area contributed by atoms with Crippen LogP contribution >= 0.6 is 0 Å². The van der Waals surface area contributed by atoms with Crippen LogP contribution in [0.15, 0.2) is 49.1 Å². The van der Waals surface area contributed by atoms with Crippen molar-refractivity contribution >= 4 is 29.0 Å². The Hall–Kier alpha value is -4.92. The van der Waals surface area contributed by atoms with Crippen LogP contribution in [0, 0.1) is 5.82 Å². The quantitative estimate of drug-likeness (QED) is 0.278. The largest absolute Gasteiger partial charge is 0.481 e. The van der Waals surface area contributed by atoms with Crippen LogP contribution in [0.3, 0.4) is 0 Å². The highest BCUT2D eigenvalue weighted by Crippen LogP contribution is 2.28. The van der Waals surface area contributed by atoms with Gasteiger partial charge in [-0.1, -0.05) is 6.58 Å². The maximum Gasteiger partial charge on any atom is 0.266 e. The Morgan fingerprint density at radius 3 is 2.53 bits per heavy atom. The first-order valence-corrected chi connectivity index (χ1v) is 13.1. The van der Waals surface area contributed by atoms with E-state index in [1.807, 2.05) is 0 Å². The lowest BCUT2D eigenvalue weighted by atomic mass is 10.1. The van der Waals surface area contributed by atoms with Crippen LogP contribution in [0.25, 0.3) is 0 Å². The van der Waals surface area contributed by atoms with Gasteiger partial charge in [0, 0.05) is 43.5 Å². The molecule has 1 fully saturated rings. The van der Waals surface area contributed by atoms with Crippen molar-refractivity contribution in [3.05, 3.63) is 71.6 Å². The number of halogens is 3. The number of anilines is 3. The van der Waals surface area contributed by atoms with E-state index in [9.17, 15) is 22.8 Å². The van der Waals surface area contributed by atoms with E-state index in [1.165, 1.54) is 32.8 Å². The third-order valence-electron chi connectivity index (χ3n) is 6.47. The molecule has 43 heavy (non-hydrogen) atoms. The van der Waals surface area contributed by atoms with Crippen molar-refractivity contribution in [1.82, 2.24) is 19.9 Å². The van der Waals surface area contributed by atoms with Gasteiger partial charge in [0.2, 0.25) is 11.8 Å². The number of nitrogens with one attached hydrogen (secondary N) is 3. The zero-order chi connectivity index (χ0) is 30.9. The molecule has 228 valence electrons. The molecule has 0 radical (unpaired) electrons. The normalized spacial score (nSPS) is 12.9. The van der Waals surface area contributed by atoms with Crippen molar-refractivity contribution in [2.45, 2.75) is 12.8 Å². The number of amides is 2. The Morgan fingerprint density at radius 2 is 1.84 bits per heavy atom. The molecule has 1 aromatic carbocycles. The lowest BCUT2D eigenvalue weighted by Crippen LogP contribution is -2.35. The monoisotopic (exact) mass is 601 g/mol. The maximum atomic E-state index is 13.7. The number of pyridine rings is 1.